The summed E-state index contributed by atoms with van der Waals surface area (Å²) >= 11 is 0. The van der Waals surface area contributed by atoms with Crippen molar-refractivity contribution in [2.24, 2.45) is 0 Å². The van der Waals surface area contributed by atoms with Crippen LogP contribution in [-0.4, -0.2) is 71.1 Å². The summed E-state index contributed by atoms with van der Waals surface area (Å²) in [7, 11) is 0. The zero-order valence-corrected chi connectivity index (χ0v) is 10.9. The van der Waals surface area contributed by atoms with Crippen molar-refractivity contribution in [3.05, 3.63) is 0 Å². The topological polar surface area (TPSA) is 43.9 Å². The van der Waals surface area contributed by atoms with Gasteiger partial charge in [0.1, 0.15) is 6.04 Å². The molecule has 3 fully saturated rings. The summed E-state index contributed by atoms with van der Waals surface area (Å²) in [6.07, 6.45) is -2.33. The smallest absolute Gasteiger partial charge is 0.312 e. The molecule has 3 heterocycles. The standard InChI is InChI=1S/C12H16F3N3O2/c13-12(14,15)7-16-5-3-8(6-16)18-10(19)9-2-1-4-17(9)11(18)20/h8-9H,1-7H2/t8-,9+/m1/s1. The first-order valence-corrected chi connectivity index (χ1v) is 6.79. The Labute approximate surface area is 114 Å². The number of hydrogen-bond acceptors (Lipinski definition) is 3. The van der Waals surface area contributed by atoms with Crippen molar-refractivity contribution >= 4 is 11.9 Å². The van der Waals surface area contributed by atoms with Gasteiger partial charge in [0, 0.05) is 19.6 Å². The van der Waals surface area contributed by atoms with Gasteiger partial charge in [-0.15, -0.1) is 0 Å². The lowest BCUT2D eigenvalue weighted by atomic mass is 10.2. The Bertz CT molecular complexity index is 418. The van der Waals surface area contributed by atoms with Gasteiger partial charge in [-0.25, -0.2) is 4.79 Å². The van der Waals surface area contributed by atoms with Gasteiger partial charge in [-0.05, 0) is 19.3 Å². The van der Waals surface area contributed by atoms with Gasteiger partial charge < -0.3 is 4.90 Å². The summed E-state index contributed by atoms with van der Waals surface area (Å²) in [4.78, 5) is 28.4. The Hall–Kier alpha value is -1.31. The lowest BCUT2D eigenvalue weighted by molar-refractivity contribution is -0.143. The van der Waals surface area contributed by atoms with Crippen molar-refractivity contribution in [3.8, 4) is 0 Å². The molecule has 0 saturated carbocycles. The molecule has 20 heavy (non-hydrogen) atoms. The maximum Gasteiger partial charge on any atom is 0.401 e. The van der Waals surface area contributed by atoms with Crippen LogP contribution in [0, 0.1) is 0 Å². The van der Waals surface area contributed by atoms with E-state index in [1.165, 1.54) is 9.80 Å². The van der Waals surface area contributed by atoms with Crippen LogP contribution in [0.1, 0.15) is 19.3 Å². The molecule has 8 heteroatoms. The second kappa shape index (κ2) is 4.61. The zero-order chi connectivity index (χ0) is 14.5. The molecular weight excluding hydrogens is 275 g/mol. The number of urea groups is 1. The number of rotatable bonds is 2. The highest BCUT2D eigenvalue weighted by Crippen LogP contribution is 2.31. The maximum absolute atomic E-state index is 12.4. The van der Waals surface area contributed by atoms with E-state index in [1.54, 1.807) is 4.90 Å². The Morgan fingerprint density at radius 2 is 1.90 bits per heavy atom. The molecule has 0 radical (unpaired) electrons. The molecule has 5 nitrogen and oxygen atoms in total. The van der Waals surface area contributed by atoms with E-state index >= 15 is 0 Å². The molecule has 0 aromatic rings. The molecule has 0 aromatic carbocycles. The number of imide groups is 1. The van der Waals surface area contributed by atoms with Crippen LogP contribution in [0.2, 0.25) is 0 Å². The lowest BCUT2D eigenvalue weighted by Crippen LogP contribution is -2.44. The van der Waals surface area contributed by atoms with Crippen LogP contribution in [0.15, 0.2) is 0 Å². The highest BCUT2D eigenvalue weighted by atomic mass is 19.4. The monoisotopic (exact) mass is 291 g/mol. The van der Waals surface area contributed by atoms with Gasteiger partial charge in [-0.3, -0.25) is 14.6 Å². The van der Waals surface area contributed by atoms with E-state index in [1.807, 2.05) is 0 Å². The average molecular weight is 291 g/mol. The van der Waals surface area contributed by atoms with E-state index in [9.17, 15) is 22.8 Å². The van der Waals surface area contributed by atoms with Crippen molar-refractivity contribution in [2.75, 3.05) is 26.2 Å². The number of amides is 3. The first-order chi connectivity index (χ1) is 9.37. The number of alkyl halides is 3. The van der Waals surface area contributed by atoms with Gasteiger partial charge >= 0.3 is 12.2 Å². The van der Waals surface area contributed by atoms with Crippen LogP contribution >= 0.6 is 0 Å². The number of likely N-dealkylation sites (tertiary alicyclic amines) is 1. The molecule has 0 unspecified atom stereocenters. The van der Waals surface area contributed by atoms with Crippen molar-refractivity contribution < 1.29 is 22.8 Å². The molecule has 0 N–H and O–H groups in total. The van der Waals surface area contributed by atoms with Crippen molar-refractivity contribution in [1.82, 2.24) is 14.7 Å². The Balaban J connectivity index is 1.66. The fourth-order valence-electron chi connectivity index (χ4n) is 3.40. The third-order valence-corrected chi connectivity index (χ3v) is 4.24. The molecule has 0 aliphatic carbocycles. The van der Waals surface area contributed by atoms with Gasteiger partial charge in [0.05, 0.1) is 12.6 Å². The predicted molar refractivity (Wildman–Crippen MR) is 62.9 cm³/mol. The van der Waals surface area contributed by atoms with E-state index in [-0.39, 0.29) is 31.1 Å². The molecule has 0 aromatic heterocycles. The van der Waals surface area contributed by atoms with Crippen molar-refractivity contribution in [2.45, 2.75) is 37.5 Å². The molecule has 0 bridgehead atoms. The summed E-state index contributed by atoms with van der Waals surface area (Å²) < 4.78 is 37.1. The van der Waals surface area contributed by atoms with Crippen LogP contribution in [-0.2, 0) is 4.79 Å². The first kappa shape index (κ1) is 13.7. The van der Waals surface area contributed by atoms with Crippen LogP contribution in [0.25, 0.3) is 0 Å². The van der Waals surface area contributed by atoms with Gasteiger partial charge in [0.2, 0.25) is 0 Å². The Morgan fingerprint density at radius 3 is 2.55 bits per heavy atom. The van der Waals surface area contributed by atoms with Gasteiger partial charge in [-0.1, -0.05) is 0 Å². The van der Waals surface area contributed by atoms with Crippen LogP contribution in [0.3, 0.4) is 0 Å². The third-order valence-electron chi connectivity index (χ3n) is 4.24. The molecule has 112 valence electrons. The molecule has 3 rings (SSSR count). The van der Waals surface area contributed by atoms with Crippen molar-refractivity contribution in [1.29, 1.82) is 0 Å². The van der Waals surface area contributed by atoms with E-state index < -0.39 is 18.8 Å². The van der Waals surface area contributed by atoms with E-state index in [0.717, 1.165) is 6.42 Å². The number of hydrogen-bond donors (Lipinski definition) is 0. The summed E-state index contributed by atoms with van der Waals surface area (Å²) in [5.74, 6) is -0.230. The van der Waals surface area contributed by atoms with Crippen LogP contribution < -0.4 is 0 Å². The fourth-order valence-corrected chi connectivity index (χ4v) is 3.40. The quantitative estimate of drug-likeness (QED) is 0.714. The molecular formula is C12H16F3N3O2. The molecule has 2 atom stereocenters. The van der Waals surface area contributed by atoms with Crippen LogP contribution in [0.5, 0.6) is 0 Å². The minimum Gasteiger partial charge on any atom is -0.312 e. The molecule has 3 amide bonds. The number of fused-ring (bicyclic) bond motifs is 1. The molecule has 0 spiro atoms. The van der Waals surface area contributed by atoms with Gasteiger partial charge in [0.15, 0.2) is 0 Å². The Kier molecular flexibility index (Phi) is 3.15. The van der Waals surface area contributed by atoms with Crippen LogP contribution in [0.4, 0.5) is 18.0 Å². The van der Waals surface area contributed by atoms with E-state index in [2.05, 4.69) is 0 Å². The summed E-state index contributed by atoms with van der Waals surface area (Å²) in [6, 6.07) is -1.11. The second-order valence-electron chi connectivity index (χ2n) is 5.64. The lowest BCUT2D eigenvalue weighted by Gasteiger charge is -2.23. The second-order valence-corrected chi connectivity index (χ2v) is 5.64. The largest absolute Gasteiger partial charge is 0.401 e. The normalized spacial score (nSPS) is 31.6. The SMILES string of the molecule is O=C1[C@@H]2CCCN2C(=O)N1[C@@H]1CCN(CC(F)(F)F)C1. The fraction of sp³-hybridized carbons (Fsp3) is 0.833. The van der Waals surface area contributed by atoms with E-state index in [4.69, 9.17) is 0 Å². The number of carbonyl (C=O) groups excluding carboxylic acids is 2. The van der Waals surface area contributed by atoms with Crippen molar-refractivity contribution in [3.63, 3.8) is 0 Å². The first-order valence-electron chi connectivity index (χ1n) is 6.79. The van der Waals surface area contributed by atoms with E-state index in [0.29, 0.717) is 19.4 Å². The minimum atomic E-state index is -4.24. The molecule has 3 saturated heterocycles. The number of carbonyl (C=O) groups is 2. The average Bonchev–Trinajstić information content (AvgIpc) is 2.98. The van der Waals surface area contributed by atoms with Gasteiger partial charge in [0.25, 0.3) is 5.91 Å². The highest BCUT2D eigenvalue weighted by Gasteiger charge is 2.51. The number of halogens is 3. The molecule has 3 aliphatic heterocycles. The Morgan fingerprint density at radius 1 is 1.15 bits per heavy atom. The third kappa shape index (κ3) is 2.25. The highest BCUT2D eigenvalue weighted by molar-refractivity contribution is 6.05. The molecule has 3 aliphatic rings. The minimum absolute atomic E-state index is 0.123. The number of nitrogens with zero attached hydrogens (tertiary/aromatic N) is 3. The summed E-state index contributed by atoms with van der Waals surface area (Å²) in [6.45, 7) is -0.0129. The predicted octanol–water partition coefficient (Wildman–Crippen LogP) is 1.05. The zero-order valence-electron chi connectivity index (χ0n) is 10.9. The summed E-state index contributed by atoms with van der Waals surface area (Å²) in [5.41, 5.74) is 0. The van der Waals surface area contributed by atoms with Gasteiger partial charge in [-0.2, -0.15) is 13.2 Å². The summed E-state index contributed by atoms with van der Waals surface area (Å²) in [5, 5.41) is 0. The maximum atomic E-state index is 12.4.